The van der Waals surface area contributed by atoms with Crippen molar-refractivity contribution < 1.29 is 9.90 Å². The molecule has 3 nitrogen and oxygen atoms in total. The number of carboxylic acid groups (broad SMARTS) is 1. The molecule has 0 aromatic heterocycles. The molecule has 16 heavy (non-hydrogen) atoms. The van der Waals surface area contributed by atoms with Crippen LogP contribution >= 0.6 is 0 Å². The Kier molecular flexibility index (Phi) is 5.00. The topological polar surface area (TPSA) is 49.3 Å². The van der Waals surface area contributed by atoms with Gasteiger partial charge in [0.25, 0.3) is 0 Å². The molecule has 3 heteroatoms. The second-order valence-corrected chi connectivity index (χ2v) is 5.21. The van der Waals surface area contributed by atoms with Crippen LogP contribution in [0.5, 0.6) is 0 Å². The number of rotatable bonds is 4. The lowest BCUT2D eigenvalue weighted by Gasteiger charge is -2.33. The second kappa shape index (κ2) is 6.04. The summed E-state index contributed by atoms with van der Waals surface area (Å²) >= 11 is 0. The van der Waals surface area contributed by atoms with Crippen LogP contribution in [0.15, 0.2) is 11.6 Å². The van der Waals surface area contributed by atoms with E-state index in [0.717, 1.165) is 11.5 Å². The zero-order valence-corrected chi connectivity index (χ0v) is 10.5. The van der Waals surface area contributed by atoms with Crippen LogP contribution < -0.4 is 5.32 Å². The van der Waals surface area contributed by atoms with Gasteiger partial charge in [-0.2, -0.15) is 0 Å². The molecular weight excluding hydrogens is 202 g/mol. The number of hydrogen-bond acceptors (Lipinski definition) is 2. The van der Waals surface area contributed by atoms with Crippen molar-refractivity contribution in [2.45, 2.75) is 46.1 Å². The first kappa shape index (κ1) is 13.2. The van der Waals surface area contributed by atoms with Crippen LogP contribution in [0.1, 0.15) is 40.0 Å². The Bertz CT molecular complexity index is 273. The predicted molar refractivity (Wildman–Crippen MR) is 65.4 cm³/mol. The van der Waals surface area contributed by atoms with Gasteiger partial charge >= 0.3 is 5.97 Å². The van der Waals surface area contributed by atoms with Crippen molar-refractivity contribution in [1.29, 1.82) is 0 Å². The van der Waals surface area contributed by atoms with Crippen LogP contribution in [-0.4, -0.2) is 23.7 Å². The zero-order valence-electron chi connectivity index (χ0n) is 10.5. The van der Waals surface area contributed by atoms with Gasteiger partial charge < -0.3 is 10.4 Å². The van der Waals surface area contributed by atoms with Gasteiger partial charge in [-0.3, -0.25) is 0 Å². The van der Waals surface area contributed by atoms with E-state index in [1.807, 2.05) is 6.92 Å². The number of carbonyl (C=O) groups is 1. The Morgan fingerprint density at radius 2 is 2.12 bits per heavy atom. The Hall–Kier alpha value is -0.830. The van der Waals surface area contributed by atoms with E-state index in [2.05, 4.69) is 19.2 Å². The zero-order chi connectivity index (χ0) is 12.1. The first-order valence-corrected chi connectivity index (χ1v) is 6.12. The van der Waals surface area contributed by atoms with Crippen molar-refractivity contribution in [3.8, 4) is 0 Å². The van der Waals surface area contributed by atoms with Gasteiger partial charge in [0.2, 0.25) is 0 Å². The summed E-state index contributed by atoms with van der Waals surface area (Å²) in [4.78, 5) is 10.5. The SMILES string of the molecule is CC(=CC(=O)O)CNC1CCC(C)CC1C. The molecule has 0 saturated heterocycles. The maximum absolute atomic E-state index is 10.5. The lowest BCUT2D eigenvalue weighted by Crippen LogP contribution is -2.39. The number of aliphatic carboxylic acids is 1. The summed E-state index contributed by atoms with van der Waals surface area (Å²) in [6.07, 6.45) is 5.05. The van der Waals surface area contributed by atoms with E-state index in [0.29, 0.717) is 18.5 Å². The summed E-state index contributed by atoms with van der Waals surface area (Å²) in [5.41, 5.74) is 0.887. The first-order valence-electron chi connectivity index (χ1n) is 6.12. The molecule has 1 saturated carbocycles. The molecule has 0 radical (unpaired) electrons. The molecule has 92 valence electrons. The van der Waals surface area contributed by atoms with Crippen LogP contribution in [0.4, 0.5) is 0 Å². The van der Waals surface area contributed by atoms with Crippen LogP contribution in [0.25, 0.3) is 0 Å². The normalized spacial score (nSPS) is 31.4. The van der Waals surface area contributed by atoms with Crippen LogP contribution in [-0.2, 0) is 4.79 Å². The van der Waals surface area contributed by atoms with Crippen LogP contribution in [0.2, 0.25) is 0 Å². The number of carboxylic acids is 1. The third kappa shape index (κ3) is 4.35. The Balaban J connectivity index is 2.35. The van der Waals surface area contributed by atoms with Gasteiger partial charge in [-0.15, -0.1) is 0 Å². The van der Waals surface area contributed by atoms with E-state index >= 15 is 0 Å². The predicted octanol–water partition coefficient (Wildman–Crippen LogP) is 2.43. The van der Waals surface area contributed by atoms with E-state index < -0.39 is 5.97 Å². The lowest BCUT2D eigenvalue weighted by atomic mass is 9.80. The van der Waals surface area contributed by atoms with Gasteiger partial charge in [-0.05, 0) is 38.0 Å². The van der Waals surface area contributed by atoms with Gasteiger partial charge in [-0.1, -0.05) is 19.4 Å². The summed E-state index contributed by atoms with van der Waals surface area (Å²) in [6, 6.07) is 0.549. The summed E-state index contributed by atoms with van der Waals surface area (Å²) in [6.45, 7) is 7.14. The van der Waals surface area contributed by atoms with E-state index in [9.17, 15) is 4.79 Å². The van der Waals surface area contributed by atoms with Crippen molar-refractivity contribution in [2.75, 3.05) is 6.54 Å². The summed E-state index contributed by atoms with van der Waals surface area (Å²) in [7, 11) is 0. The Morgan fingerprint density at radius 3 is 2.69 bits per heavy atom. The van der Waals surface area contributed by atoms with E-state index in [1.54, 1.807) is 0 Å². The molecule has 0 heterocycles. The third-order valence-corrected chi connectivity index (χ3v) is 3.44. The van der Waals surface area contributed by atoms with Crippen molar-refractivity contribution >= 4 is 5.97 Å². The molecule has 0 aromatic rings. The fraction of sp³-hybridized carbons (Fsp3) is 0.769. The quantitative estimate of drug-likeness (QED) is 0.722. The molecule has 0 aliphatic heterocycles. The van der Waals surface area contributed by atoms with Gasteiger partial charge in [0.05, 0.1) is 0 Å². The molecular formula is C13H23NO2. The maximum Gasteiger partial charge on any atom is 0.328 e. The average Bonchev–Trinajstić information content (AvgIpc) is 2.15. The summed E-state index contributed by atoms with van der Waals surface area (Å²) in [5, 5.41) is 12.1. The molecule has 0 amide bonds. The smallest absolute Gasteiger partial charge is 0.328 e. The van der Waals surface area contributed by atoms with Crippen LogP contribution in [0.3, 0.4) is 0 Å². The molecule has 0 bridgehead atoms. The van der Waals surface area contributed by atoms with Crippen molar-refractivity contribution in [1.82, 2.24) is 5.32 Å². The van der Waals surface area contributed by atoms with Crippen molar-refractivity contribution in [3.05, 3.63) is 11.6 Å². The minimum atomic E-state index is -0.857. The monoisotopic (exact) mass is 225 g/mol. The van der Waals surface area contributed by atoms with Crippen molar-refractivity contribution in [3.63, 3.8) is 0 Å². The number of hydrogen-bond donors (Lipinski definition) is 2. The highest BCUT2D eigenvalue weighted by Gasteiger charge is 2.24. The minimum absolute atomic E-state index is 0.549. The largest absolute Gasteiger partial charge is 0.478 e. The minimum Gasteiger partial charge on any atom is -0.478 e. The highest BCUT2D eigenvalue weighted by molar-refractivity contribution is 5.80. The molecule has 1 fully saturated rings. The molecule has 0 aromatic carbocycles. The van der Waals surface area contributed by atoms with Crippen LogP contribution in [0, 0.1) is 11.8 Å². The second-order valence-electron chi connectivity index (χ2n) is 5.21. The molecule has 1 aliphatic rings. The first-order chi connectivity index (χ1) is 7.49. The molecule has 1 aliphatic carbocycles. The van der Waals surface area contributed by atoms with Gasteiger partial charge in [0.15, 0.2) is 0 Å². The molecule has 0 spiro atoms. The molecule has 3 unspecified atom stereocenters. The van der Waals surface area contributed by atoms with E-state index in [1.165, 1.54) is 25.3 Å². The standard InChI is InChI=1S/C13H23NO2/c1-9-4-5-12(11(3)6-9)14-8-10(2)7-13(15)16/h7,9,11-12,14H,4-6,8H2,1-3H3,(H,15,16). The highest BCUT2D eigenvalue weighted by atomic mass is 16.4. The summed E-state index contributed by atoms with van der Waals surface area (Å²) in [5.74, 6) is 0.676. The maximum atomic E-state index is 10.5. The fourth-order valence-electron chi connectivity index (χ4n) is 2.52. The van der Waals surface area contributed by atoms with E-state index in [4.69, 9.17) is 5.11 Å². The highest BCUT2D eigenvalue weighted by Crippen LogP contribution is 2.28. The lowest BCUT2D eigenvalue weighted by molar-refractivity contribution is -0.131. The summed E-state index contributed by atoms with van der Waals surface area (Å²) < 4.78 is 0. The number of nitrogens with one attached hydrogen (secondary N) is 1. The van der Waals surface area contributed by atoms with E-state index in [-0.39, 0.29) is 0 Å². The average molecular weight is 225 g/mol. The van der Waals surface area contributed by atoms with Gasteiger partial charge in [0, 0.05) is 18.7 Å². The van der Waals surface area contributed by atoms with Crippen molar-refractivity contribution in [2.24, 2.45) is 11.8 Å². The van der Waals surface area contributed by atoms with Gasteiger partial charge in [0.1, 0.15) is 0 Å². The Morgan fingerprint density at radius 1 is 1.44 bits per heavy atom. The Labute approximate surface area is 97.9 Å². The molecule has 1 rings (SSSR count). The molecule has 3 atom stereocenters. The van der Waals surface area contributed by atoms with Gasteiger partial charge in [-0.25, -0.2) is 4.79 Å². The molecule has 2 N–H and O–H groups in total. The third-order valence-electron chi connectivity index (χ3n) is 3.44. The fourth-order valence-corrected chi connectivity index (χ4v) is 2.52.